The van der Waals surface area contributed by atoms with Crippen LogP contribution >= 0.6 is 12.4 Å². The molecule has 0 bridgehead atoms. The highest BCUT2D eigenvalue weighted by molar-refractivity contribution is 5.85. The van der Waals surface area contributed by atoms with Gasteiger partial charge >= 0.3 is 0 Å². The largest absolute Gasteiger partial charge is 0.395 e. The van der Waals surface area contributed by atoms with E-state index in [1.165, 1.54) is 5.56 Å². The number of rotatable bonds is 4. The van der Waals surface area contributed by atoms with Crippen molar-refractivity contribution in [2.75, 3.05) is 6.61 Å². The van der Waals surface area contributed by atoms with Crippen LogP contribution in [0.2, 0.25) is 0 Å². The molecule has 3 N–H and O–H groups in total. The molecule has 0 radical (unpaired) electrons. The van der Waals surface area contributed by atoms with Gasteiger partial charge in [0.2, 0.25) is 0 Å². The fraction of sp³-hybridized carbons (Fsp3) is 0.308. The average Bonchev–Trinajstić information content (AvgIpc) is 2.78. The molecule has 1 unspecified atom stereocenters. The number of aryl methyl sites for hydroxylation is 1. The monoisotopic (exact) mass is 268 g/mol. The van der Waals surface area contributed by atoms with Crippen molar-refractivity contribution in [1.82, 2.24) is 5.16 Å². The van der Waals surface area contributed by atoms with E-state index in [9.17, 15) is 0 Å². The van der Waals surface area contributed by atoms with Gasteiger partial charge in [-0.2, -0.15) is 0 Å². The van der Waals surface area contributed by atoms with Crippen molar-refractivity contribution >= 4 is 12.4 Å². The summed E-state index contributed by atoms with van der Waals surface area (Å²) in [5.74, 6) is 0.727. The molecule has 2 rings (SSSR count). The first-order valence-electron chi connectivity index (χ1n) is 5.58. The lowest BCUT2D eigenvalue weighted by atomic mass is 10.1. The average molecular weight is 269 g/mol. The molecule has 5 heteroatoms. The second-order valence-corrected chi connectivity index (χ2v) is 4.20. The zero-order chi connectivity index (χ0) is 12.3. The maximum atomic E-state index is 8.87. The molecule has 0 saturated carbocycles. The molecule has 2 aromatic rings. The highest BCUT2D eigenvalue weighted by Gasteiger charge is 2.09. The summed E-state index contributed by atoms with van der Waals surface area (Å²) in [6.07, 6.45) is 0.520. The van der Waals surface area contributed by atoms with Crippen LogP contribution in [0.3, 0.4) is 0 Å². The molecule has 0 aliphatic carbocycles. The first kappa shape index (κ1) is 14.7. The van der Waals surface area contributed by atoms with Gasteiger partial charge in [0.1, 0.15) is 0 Å². The topological polar surface area (TPSA) is 72.3 Å². The molecule has 1 atom stereocenters. The van der Waals surface area contributed by atoms with Gasteiger partial charge in [-0.05, 0) is 6.92 Å². The van der Waals surface area contributed by atoms with Gasteiger partial charge in [0.15, 0.2) is 5.76 Å². The maximum absolute atomic E-state index is 8.87. The molecule has 0 amide bonds. The molecule has 1 heterocycles. The van der Waals surface area contributed by atoms with Crippen LogP contribution in [-0.2, 0) is 6.42 Å². The second-order valence-electron chi connectivity index (χ2n) is 4.20. The van der Waals surface area contributed by atoms with Crippen LogP contribution in [0.1, 0.15) is 11.3 Å². The van der Waals surface area contributed by atoms with E-state index >= 15 is 0 Å². The number of nitrogens with two attached hydrogens (primary N) is 1. The SMILES string of the molecule is Cc1ccc(-c2cc(CC(N)CO)no2)cc1.Cl. The van der Waals surface area contributed by atoms with Crippen LogP contribution < -0.4 is 5.73 Å². The summed E-state index contributed by atoms with van der Waals surface area (Å²) in [4.78, 5) is 0. The van der Waals surface area contributed by atoms with Gasteiger partial charge in [-0.3, -0.25) is 0 Å². The third kappa shape index (κ3) is 3.57. The third-order valence-corrected chi connectivity index (χ3v) is 2.60. The Bertz CT molecular complexity index is 482. The van der Waals surface area contributed by atoms with Crippen molar-refractivity contribution in [3.8, 4) is 11.3 Å². The molecule has 98 valence electrons. The maximum Gasteiger partial charge on any atom is 0.167 e. The number of aliphatic hydroxyl groups excluding tert-OH is 1. The number of benzene rings is 1. The Morgan fingerprint density at radius 3 is 2.61 bits per heavy atom. The predicted molar refractivity (Wildman–Crippen MR) is 72.7 cm³/mol. The van der Waals surface area contributed by atoms with E-state index in [0.29, 0.717) is 6.42 Å². The zero-order valence-corrected chi connectivity index (χ0v) is 11.0. The lowest BCUT2D eigenvalue weighted by Gasteiger charge is -2.02. The van der Waals surface area contributed by atoms with Crippen LogP contribution in [-0.4, -0.2) is 22.9 Å². The van der Waals surface area contributed by atoms with Crippen LogP contribution in [0.25, 0.3) is 11.3 Å². The van der Waals surface area contributed by atoms with Crippen LogP contribution in [0.4, 0.5) is 0 Å². The fourth-order valence-electron chi connectivity index (χ4n) is 1.60. The number of halogens is 1. The van der Waals surface area contributed by atoms with Crippen molar-refractivity contribution in [3.63, 3.8) is 0 Å². The Labute approximate surface area is 112 Å². The van der Waals surface area contributed by atoms with E-state index in [1.54, 1.807) is 0 Å². The molecule has 1 aromatic heterocycles. The minimum Gasteiger partial charge on any atom is -0.395 e. The Kier molecular flexibility index (Phi) is 5.34. The Hall–Kier alpha value is -1.36. The molecular weight excluding hydrogens is 252 g/mol. The lowest BCUT2D eigenvalue weighted by molar-refractivity contribution is 0.263. The second kappa shape index (κ2) is 6.54. The summed E-state index contributed by atoms with van der Waals surface area (Å²) in [6, 6.07) is 9.61. The summed E-state index contributed by atoms with van der Waals surface area (Å²) in [5, 5.41) is 12.8. The first-order chi connectivity index (χ1) is 8.19. The molecular formula is C13H17ClN2O2. The summed E-state index contributed by atoms with van der Waals surface area (Å²) >= 11 is 0. The van der Waals surface area contributed by atoms with Gasteiger partial charge in [-0.25, -0.2) is 0 Å². The summed E-state index contributed by atoms with van der Waals surface area (Å²) in [5.41, 5.74) is 8.60. The number of aliphatic hydroxyl groups is 1. The van der Waals surface area contributed by atoms with Crippen molar-refractivity contribution < 1.29 is 9.63 Å². The molecule has 4 nitrogen and oxygen atoms in total. The fourth-order valence-corrected chi connectivity index (χ4v) is 1.60. The smallest absolute Gasteiger partial charge is 0.167 e. The van der Waals surface area contributed by atoms with Gasteiger partial charge in [-0.1, -0.05) is 35.0 Å². The predicted octanol–water partition coefficient (Wildman–Crippen LogP) is 1.93. The normalized spacial score (nSPS) is 11.9. The highest BCUT2D eigenvalue weighted by atomic mass is 35.5. The minimum absolute atomic E-state index is 0. The Morgan fingerprint density at radius 2 is 2.00 bits per heavy atom. The van der Waals surface area contributed by atoms with Crippen LogP contribution in [0.15, 0.2) is 34.9 Å². The van der Waals surface area contributed by atoms with E-state index in [1.807, 2.05) is 37.3 Å². The van der Waals surface area contributed by atoms with E-state index in [4.69, 9.17) is 15.4 Å². The standard InChI is InChI=1S/C13H16N2O2.ClH/c1-9-2-4-10(5-3-9)13-7-12(15-17-13)6-11(14)8-16;/h2-5,7,11,16H,6,8,14H2,1H3;1H. The van der Waals surface area contributed by atoms with Crippen molar-refractivity contribution in [2.45, 2.75) is 19.4 Å². The quantitative estimate of drug-likeness (QED) is 0.889. The molecule has 0 fully saturated rings. The van der Waals surface area contributed by atoms with E-state index in [-0.39, 0.29) is 25.1 Å². The minimum atomic E-state index is -0.286. The molecule has 18 heavy (non-hydrogen) atoms. The van der Waals surface area contributed by atoms with Gasteiger partial charge < -0.3 is 15.4 Å². The number of aromatic nitrogens is 1. The van der Waals surface area contributed by atoms with E-state index in [2.05, 4.69) is 5.16 Å². The third-order valence-electron chi connectivity index (χ3n) is 2.60. The summed E-state index contributed by atoms with van der Waals surface area (Å²) in [6.45, 7) is 1.99. The highest BCUT2D eigenvalue weighted by Crippen LogP contribution is 2.21. The molecule has 1 aromatic carbocycles. The van der Waals surface area contributed by atoms with E-state index in [0.717, 1.165) is 17.0 Å². The summed E-state index contributed by atoms with van der Waals surface area (Å²) in [7, 11) is 0. The van der Waals surface area contributed by atoms with E-state index < -0.39 is 0 Å². The molecule has 0 aliphatic heterocycles. The van der Waals surface area contributed by atoms with Crippen molar-refractivity contribution in [3.05, 3.63) is 41.6 Å². The van der Waals surface area contributed by atoms with Crippen LogP contribution in [0.5, 0.6) is 0 Å². The lowest BCUT2D eigenvalue weighted by Crippen LogP contribution is -2.26. The molecule has 0 spiro atoms. The summed E-state index contributed by atoms with van der Waals surface area (Å²) < 4.78 is 5.25. The number of hydrogen-bond donors (Lipinski definition) is 2. The molecule has 0 aliphatic rings. The van der Waals surface area contributed by atoms with Gasteiger partial charge in [0, 0.05) is 24.1 Å². The van der Waals surface area contributed by atoms with Crippen molar-refractivity contribution in [2.24, 2.45) is 5.73 Å². The van der Waals surface area contributed by atoms with Crippen LogP contribution in [0, 0.1) is 6.92 Å². The number of nitrogens with zero attached hydrogens (tertiary/aromatic N) is 1. The molecule has 0 saturated heterocycles. The zero-order valence-electron chi connectivity index (χ0n) is 10.2. The Balaban J connectivity index is 0.00000162. The van der Waals surface area contributed by atoms with Gasteiger partial charge in [0.05, 0.1) is 12.3 Å². The first-order valence-corrected chi connectivity index (χ1v) is 5.58. The van der Waals surface area contributed by atoms with Crippen molar-refractivity contribution in [1.29, 1.82) is 0 Å². The Morgan fingerprint density at radius 1 is 1.33 bits per heavy atom. The van der Waals surface area contributed by atoms with Gasteiger partial charge in [0.25, 0.3) is 0 Å². The van der Waals surface area contributed by atoms with Gasteiger partial charge in [-0.15, -0.1) is 12.4 Å². The number of hydrogen-bond acceptors (Lipinski definition) is 4.